The van der Waals surface area contributed by atoms with Crippen molar-refractivity contribution in [1.29, 1.82) is 0 Å². The number of nitrogens with zero attached hydrogens (tertiary/aromatic N) is 1. The van der Waals surface area contributed by atoms with E-state index >= 15 is 0 Å². The Labute approximate surface area is 164 Å². The Morgan fingerprint density at radius 2 is 1.85 bits per heavy atom. The molecule has 27 heavy (non-hydrogen) atoms. The highest BCUT2D eigenvalue weighted by Crippen LogP contribution is 2.37. The third-order valence-corrected chi connectivity index (χ3v) is 5.55. The van der Waals surface area contributed by atoms with Crippen molar-refractivity contribution in [3.05, 3.63) is 77.0 Å². The van der Waals surface area contributed by atoms with E-state index in [-0.39, 0.29) is 11.8 Å². The number of hydrogen-bond donors (Lipinski definition) is 1. The van der Waals surface area contributed by atoms with Crippen molar-refractivity contribution in [2.45, 2.75) is 31.9 Å². The van der Waals surface area contributed by atoms with Gasteiger partial charge >= 0.3 is 0 Å². The molecule has 1 aliphatic heterocycles. The summed E-state index contributed by atoms with van der Waals surface area (Å²) in [6, 6.07) is 17.8. The van der Waals surface area contributed by atoms with Crippen LogP contribution in [-0.4, -0.2) is 22.8 Å². The highest BCUT2D eigenvalue weighted by Gasteiger charge is 2.35. The monoisotopic (exact) mass is 378 g/mol. The number of thiocarbonyl (C=S) groups is 1. The van der Waals surface area contributed by atoms with Gasteiger partial charge in [0.2, 0.25) is 0 Å². The highest BCUT2D eigenvalue weighted by molar-refractivity contribution is 7.80. The molecule has 4 rings (SSSR count). The Morgan fingerprint density at radius 3 is 2.59 bits per heavy atom. The van der Waals surface area contributed by atoms with Crippen molar-refractivity contribution in [2.24, 2.45) is 0 Å². The minimum Gasteiger partial charge on any atom is -0.489 e. The summed E-state index contributed by atoms with van der Waals surface area (Å²) in [4.78, 5) is 14.5. The lowest BCUT2D eigenvalue weighted by atomic mass is 9.85. The highest BCUT2D eigenvalue weighted by atomic mass is 32.1. The van der Waals surface area contributed by atoms with Crippen molar-refractivity contribution < 1.29 is 9.53 Å². The lowest BCUT2D eigenvalue weighted by Crippen LogP contribution is -2.47. The molecule has 1 heterocycles. The fourth-order valence-corrected chi connectivity index (χ4v) is 3.91. The molecule has 0 bridgehead atoms. The van der Waals surface area contributed by atoms with Crippen LogP contribution in [0.15, 0.2) is 65.9 Å². The molecule has 0 radical (unpaired) electrons. The van der Waals surface area contributed by atoms with E-state index in [0.29, 0.717) is 18.1 Å². The maximum Gasteiger partial charge on any atom is 0.173 e. The van der Waals surface area contributed by atoms with Crippen molar-refractivity contribution in [2.75, 3.05) is 7.05 Å². The third-order valence-electron chi connectivity index (χ3n) is 5.16. The van der Waals surface area contributed by atoms with E-state index < -0.39 is 0 Å². The molecular weight excluding hydrogens is 356 g/mol. The molecule has 2 aliphatic rings. The molecule has 0 spiro atoms. The van der Waals surface area contributed by atoms with Crippen molar-refractivity contribution in [1.82, 2.24) is 10.2 Å². The topological polar surface area (TPSA) is 41.6 Å². The van der Waals surface area contributed by atoms with Crippen LogP contribution in [-0.2, 0) is 11.4 Å². The molecule has 2 aromatic carbocycles. The molecule has 1 atom stereocenters. The van der Waals surface area contributed by atoms with Gasteiger partial charge < -0.3 is 15.0 Å². The Bertz CT molecular complexity index is 890. The van der Waals surface area contributed by atoms with E-state index in [1.165, 1.54) is 0 Å². The van der Waals surface area contributed by atoms with E-state index in [4.69, 9.17) is 17.0 Å². The zero-order valence-corrected chi connectivity index (χ0v) is 16.1. The normalized spacial score (nSPS) is 19.6. The lowest BCUT2D eigenvalue weighted by molar-refractivity contribution is -0.116. The molecule has 2 aromatic rings. The Balaban J connectivity index is 1.55. The molecular formula is C22H22N2O2S. The quantitative estimate of drug-likeness (QED) is 0.810. The van der Waals surface area contributed by atoms with Gasteiger partial charge in [0.25, 0.3) is 0 Å². The van der Waals surface area contributed by atoms with E-state index in [2.05, 4.69) is 5.32 Å². The number of carbonyl (C=O) groups excluding carboxylic acids is 1. The molecule has 0 fully saturated rings. The summed E-state index contributed by atoms with van der Waals surface area (Å²) in [6.45, 7) is 0.532. The number of allylic oxidation sites excluding steroid dienone is 1. The zero-order valence-electron chi connectivity index (χ0n) is 15.3. The van der Waals surface area contributed by atoms with E-state index in [9.17, 15) is 4.79 Å². The molecule has 1 aliphatic carbocycles. The van der Waals surface area contributed by atoms with E-state index in [1.807, 2.05) is 66.5 Å². The summed E-state index contributed by atoms with van der Waals surface area (Å²) in [5.41, 5.74) is 4.08. The molecule has 1 unspecified atom stereocenters. The van der Waals surface area contributed by atoms with Crippen LogP contribution in [0, 0.1) is 0 Å². The average molecular weight is 378 g/mol. The summed E-state index contributed by atoms with van der Waals surface area (Å²) in [5.74, 6) is 1.02. The fraction of sp³-hybridized carbons (Fsp3) is 0.273. The van der Waals surface area contributed by atoms with Crippen molar-refractivity contribution >= 4 is 23.1 Å². The van der Waals surface area contributed by atoms with Gasteiger partial charge in [-0.15, -0.1) is 0 Å². The first kappa shape index (κ1) is 17.7. The first-order chi connectivity index (χ1) is 13.1. The number of ketones is 1. The molecule has 5 heteroatoms. The summed E-state index contributed by atoms with van der Waals surface area (Å²) < 4.78 is 5.87. The summed E-state index contributed by atoms with van der Waals surface area (Å²) in [5, 5.41) is 3.99. The van der Waals surface area contributed by atoms with E-state index in [1.54, 1.807) is 0 Å². The predicted octanol–water partition coefficient (Wildman–Crippen LogP) is 4.13. The number of nitrogens with one attached hydrogen (secondary N) is 1. The summed E-state index contributed by atoms with van der Waals surface area (Å²) in [7, 11) is 1.93. The van der Waals surface area contributed by atoms with Crippen LogP contribution in [0.1, 0.15) is 36.4 Å². The molecule has 0 amide bonds. The number of hydrogen-bond acceptors (Lipinski definition) is 3. The third kappa shape index (κ3) is 3.60. The molecule has 1 N–H and O–H groups in total. The average Bonchev–Trinajstić information content (AvgIpc) is 2.70. The van der Waals surface area contributed by atoms with Gasteiger partial charge in [0.1, 0.15) is 12.4 Å². The second kappa shape index (κ2) is 7.53. The van der Waals surface area contributed by atoms with Crippen LogP contribution < -0.4 is 10.1 Å². The van der Waals surface area contributed by atoms with Crippen LogP contribution in [0.4, 0.5) is 0 Å². The Hall–Kier alpha value is -2.66. The van der Waals surface area contributed by atoms with Gasteiger partial charge in [0.05, 0.1) is 6.04 Å². The summed E-state index contributed by atoms with van der Waals surface area (Å²) in [6.07, 6.45) is 2.40. The summed E-state index contributed by atoms with van der Waals surface area (Å²) >= 11 is 5.48. The maximum absolute atomic E-state index is 12.6. The van der Waals surface area contributed by atoms with Crippen LogP contribution in [0.2, 0.25) is 0 Å². The molecule has 4 nitrogen and oxygen atoms in total. The molecule has 0 saturated carbocycles. The first-order valence-corrected chi connectivity index (χ1v) is 9.61. The number of benzene rings is 2. The van der Waals surface area contributed by atoms with Gasteiger partial charge in [-0.1, -0.05) is 42.5 Å². The van der Waals surface area contributed by atoms with Gasteiger partial charge in [0, 0.05) is 24.7 Å². The van der Waals surface area contributed by atoms with Crippen molar-refractivity contribution in [3.63, 3.8) is 0 Å². The zero-order chi connectivity index (χ0) is 18.8. The molecule has 0 aromatic heterocycles. The minimum atomic E-state index is -0.181. The number of rotatable bonds is 4. The second-order valence-electron chi connectivity index (χ2n) is 6.92. The van der Waals surface area contributed by atoms with E-state index in [0.717, 1.165) is 41.0 Å². The van der Waals surface area contributed by atoms with Gasteiger partial charge in [-0.3, -0.25) is 4.79 Å². The number of ether oxygens (including phenoxy) is 1. The van der Waals surface area contributed by atoms with Gasteiger partial charge in [-0.25, -0.2) is 0 Å². The van der Waals surface area contributed by atoms with Crippen LogP contribution >= 0.6 is 12.2 Å². The SMILES string of the molecule is CN1C(=S)NC(c2ccc(OCc3ccccc3)cc2)C2=C1CCCC2=O. The largest absolute Gasteiger partial charge is 0.489 e. The Kier molecular flexibility index (Phi) is 4.94. The fourth-order valence-electron chi connectivity index (χ4n) is 3.69. The maximum atomic E-state index is 12.6. The van der Waals surface area contributed by atoms with Gasteiger partial charge in [0.15, 0.2) is 10.9 Å². The predicted molar refractivity (Wildman–Crippen MR) is 109 cm³/mol. The molecule has 138 valence electrons. The Morgan fingerprint density at radius 1 is 1.11 bits per heavy atom. The number of Topliss-reactive ketones (excluding diaryl/α,β-unsaturated/α-hetero) is 1. The number of carbonyl (C=O) groups is 1. The van der Waals surface area contributed by atoms with Crippen LogP contribution in [0.3, 0.4) is 0 Å². The standard InChI is InChI=1S/C22H22N2O2S/c1-24-18-8-5-9-19(25)20(18)21(23-22(24)27)16-10-12-17(13-11-16)26-14-15-6-3-2-4-7-15/h2-4,6-7,10-13,21H,5,8-9,14H2,1H3,(H,23,27). The minimum absolute atomic E-state index is 0.181. The van der Waals surface area contributed by atoms with Crippen molar-refractivity contribution in [3.8, 4) is 5.75 Å². The lowest BCUT2D eigenvalue weighted by Gasteiger charge is -2.39. The second-order valence-corrected chi connectivity index (χ2v) is 7.31. The van der Waals surface area contributed by atoms with Crippen LogP contribution in [0.25, 0.3) is 0 Å². The molecule has 0 saturated heterocycles. The first-order valence-electron chi connectivity index (χ1n) is 9.20. The van der Waals surface area contributed by atoms with Gasteiger partial charge in [-0.05, 0) is 48.3 Å². The van der Waals surface area contributed by atoms with Gasteiger partial charge in [-0.2, -0.15) is 0 Å². The van der Waals surface area contributed by atoms with Crippen LogP contribution in [0.5, 0.6) is 5.75 Å². The smallest absolute Gasteiger partial charge is 0.173 e.